The van der Waals surface area contributed by atoms with Crippen LogP contribution in [0.15, 0.2) is 0 Å². The standard InChI is InChI=1S/C22H33NO6/c1-4-23-9-19-13-8-21(26)18(23)22(13,14(24)6-15(19)29-19)11-5-10-12(27-2)7-20(21,25)16(11)17(10)28-3/h10-18,24-26H,4-9H2,1-3H3/t10-,11?,12+,13?,14+,15+,16?,17+,18?,19-,20-,21-,22-/m1/s1. The van der Waals surface area contributed by atoms with E-state index in [-0.39, 0.29) is 53.6 Å². The zero-order chi connectivity index (χ0) is 20.1. The lowest BCUT2D eigenvalue weighted by molar-refractivity contribution is -0.304. The minimum absolute atomic E-state index is 0.0858. The van der Waals surface area contributed by atoms with Crippen molar-refractivity contribution in [1.29, 1.82) is 0 Å². The normalized spacial score (nSPS) is 68.7. The lowest BCUT2D eigenvalue weighted by Gasteiger charge is -2.67. The Morgan fingerprint density at radius 2 is 1.90 bits per heavy atom. The molecule has 5 saturated carbocycles. The van der Waals surface area contributed by atoms with Crippen molar-refractivity contribution < 1.29 is 29.5 Å². The molecule has 2 spiro atoms. The van der Waals surface area contributed by atoms with E-state index in [2.05, 4.69) is 11.8 Å². The molecule has 0 aromatic rings. The Morgan fingerprint density at radius 3 is 2.59 bits per heavy atom. The molecule has 5 aliphatic carbocycles. The second-order valence-corrected chi connectivity index (χ2v) is 11.1. The summed E-state index contributed by atoms with van der Waals surface area (Å²) in [4.78, 5) is 2.33. The van der Waals surface area contributed by atoms with Gasteiger partial charge in [0.2, 0.25) is 0 Å². The first kappa shape index (κ1) is 18.3. The van der Waals surface area contributed by atoms with Crippen LogP contribution in [-0.4, -0.2) is 94.8 Å². The van der Waals surface area contributed by atoms with Crippen LogP contribution in [0.5, 0.6) is 0 Å². The minimum atomic E-state index is -1.29. The van der Waals surface area contributed by atoms with E-state index in [0.29, 0.717) is 19.3 Å². The average Bonchev–Trinajstić information content (AvgIpc) is 3.18. The van der Waals surface area contributed by atoms with Crippen molar-refractivity contribution in [3.8, 4) is 0 Å². The molecule has 162 valence electrons. The number of likely N-dealkylation sites (tertiary alicyclic amines) is 1. The number of hydrogen-bond donors (Lipinski definition) is 3. The highest BCUT2D eigenvalue weighted by atomic mass is 16.6. The molecule has 3 N–H and O–H groups in total. The molecule has 7 fully saturated rings. The molecule has 4 unspecified atom stereocenters. The van der Waals surface area contributed by atoms with Crippen LogP contribution in [0.25, 0.3) is 0 Å². The van der Waals surface area contributed by atoms with Crippen molar-refractivity contribution >= 4 is 0 Å². The first-order valence-corrected chi connectivity index (χ1v) is 11.4. The number of aliphatic hydroxyl groups is 3. The van der Waals surface area contributed by atoms with E-state index >= 15 is 0 Å². The lowest BCUT2D eigenvalue weighted by Crippen LogP contribution is -2.81. The van der Waals surface area contributed by atoms with E-state index in [0.717, 1.165) is 19.5 Å². The number of piperidine rings is 1. The second kappa shape index (κ2) is 5.03. The largest absolute Gasteiger partial charge is 0.392 e. The van der Waals surface area contributed by atoms with E-state index < -0.39 is 22.7 Å². The van der Waals surface area contributed by atoms with E-state index in [1.54, 1.807) is 14.2 Å². The Kier molecular flexibility index (Phi) is 3.18. The zero-order valence-electron chi connectivity index (χ0n) is 17.5. The molecular weight excluding hydrogens is 374 g/mol. The minimum Gasteiger partial charge on any atom is -0.392 e. The van der Waals surface area contributed by atoms with E-state index in [4.69, 9.17) is 14.2 Å². The number of nitrogens with zero attached hydrogens (tertiary/aromatic N) is 1. The van der Waals surface area contributed by atoms with Crippen molar-refractivity contribution in [2.24, 2.45) is 29.1 Å². The summed E-state index contributed by atoms with van der Waals surface area (Å²) in [5.74, 6) is 0.216. The van der Waals surface area contributed by atoms with Gasteiger partial charge in [0.05, 0.1) is 30.5 Å². The maximum atomic E-state index is 12.4. The SMILES string of the molecule is CCN1C[C@]23O[C@H]2C[C@H](O)[C@@]24C5C[C@@H]6[C@@H](OC)C[C@@](O)(C5[C@H]6OC)[C@@](O)(CC23)C14. The Morgan fingerprint density at radius 1 is 1.10 bits per heavy atom. The number of ether oxygens (including phenoxy) is 3. The smallest absolute Gasteiger partial charge is 0.111 e. The van der Waals surface area contributed by atoms with Gasteiger partial charge in [-0.25, -0.2) is 0 Å². The third kappa shape index (κ3) is 1.55. The zero-order valence-corrected chi connectivity index (χ0v) is 17.5. The van der Waals surface area contributed by atoms with Crippen LogP contribution in [0.4, 0.5) is 0 Å². The van der Waals surface area contributed by atoms with Gasteiger partial charge in [-0.3, -0.25) is 4.90 Å². The van der Waals surface area contributed by atoms with Crippen LogP contribution < -0.4 is 0 Å². The molecule has 7 heteroatoms. The second-order valence-electron chi connectivity index (χ2n) is 11.1. The van der Waals surface area contributed by atoms with E-state index in [9.17, 15) is 15.3 Å². The molecular formula is C22H33NO6. The van der Waals surface area contributed by atoms with Crippen LogP contribution in [-0.2, 0) is 14.2 Å². The summed E-state index contributed by atoms with van der Waals surface area (Å²) in [5, 5.41) is 36.4. The van der Waals surface area contributed by atoms with Crippen molar-refractivity contribution in [3.05, 3.63) is 0 Å². The number of aliphatic hydroxyl groups excluding tert-OH is 1. The molecule has 7 bridgehead atoms. The first-order chi connectivity index (χ1) is 13.8. The number of rotatable bonds is 3. The van der Waals surface area contributed by atoms with Gasteiger partial charge in [-0.2, -0.15) is 0 Å². The average molecular weight is 408 g/mol. The maximum Gasteiger partial charge on any atom is 0.111 e. The topological polar surface area (TPSA) is 94.9 Å². The van der Waals surface area contributed by atoms with Crippen molar-refractivity contribution in [3.63, 3.8) is 0 Å². The van der Waals surface area contributed by atoms with Crippen LogP contribution in [0.3, 0.4) is 0 Å². The molecule has 0 amide bonds. The van der Waals surface area contributed by atoms with Crippen LogP contribution in [0.2, 0.25) is 0 Å². The number of epoxide rings is 1. The van der Waals surface area contributed by atoms with Gasteiger partial charge < -0.3 is 29.5 Å². The van der Waals surface area contributed by atoms with Gasteiger partial charge in [0.1, 0.15) is 16.8 Å². The maximum absolute atomic E-state index is 12.4. The quantitative estimate of drug-likeness (QED) is 0.556. The Labute approximate surface area is 171 Å². The number of hydrogen-bond acceptors (Lipinski definition) is 7. The molecule has 2 saturated heterocycles. The summed E-state index contributed by atoms with van der Waals surface area (Å²) in [6.45, 7) is 3.71. The summed E-state index contributed by atoms with van der Waals surface area (Å²) in [5.41, 5.74) is -3.26. The molecule has 13 atom stereocenters. The molecule has 7 rings (SSSR count). The highest BCUT2D eigenvalue weighted by Gasteiger charge is 2.91. The van der Waals surface area contributed by atoms with E-state index in [1.165, 1.54) is 0 Å². The van der Waals surface area contributed by atoms with Gasteiger partial charge >= 0.3 is 0 Å². The number of fused-ring (bicyclic) bond motifs is 2. The van der Waals surface area contributed by atoms with Crippen molar-refractivity contribution in [2.45, 2.75) is 79.9 Å². The van der Waals surface area contributed by atoms with Gasteiger partial charge in [-0.1, -0.05) is 6.92 Å². The summed E-state index contributed by atoms with van der Waals surface area (Å²) < 4.78 is 18.2. The van der Waals surface area contributed by atoms with Crippen LogP contribution in [0, 0.1) is 29.1 Å². The number of likely N-dealkylation sites (N-methyl/N-ethyl adjacent to an activating group) is 1. The molecule has 2 aliphatic heterocycles. The third-order valence-corrected chi connectivity index (χ3v) is 11.0. The van der Waals surface area contributed by atoms with Crippen LogP contribution >= 0.6 is 0 Å². The van der Waals surface area contributed by atoms with Gasteiger partial charge in [-0.15, -0.1) is 0 Å². The Bertz CT molecular complexity index is 780. The highest BCUT2D eigenvalue weighted by molar-refractivity contribution is 5.41. The molecule has 2 heterocycles. The fourth-order valence-corrected chi connectivity index (χ4v) is 10.3. The molecule has 0 aromatic carbocycles. The summed E-state index contributed by atoms with van der Waals surface area (Å²) in [6.07, 6.45) is 1.75. The summed E-state index contributed by atoms with van der Waals surface area (Å²) in [7, 11) is 3.42. The van der Waals surface area contributed by atoms with Gasteiger partial charge in [-0.05, 0) is 25.3 Å². The fraction of sp³-hybridized carbons (Fsp3) is 1.00. The fourth-order valence-electron chi connectivity index (χ4n) is 10.3. The highest BCUT2D eigenvalue weighted by Crippen LogP contribution is 2.81. The van der Waals surface area contributed by atoms with E-state index in [1.807, 2.05) is 0 Å². The Hall–Kier alpha value is -0.280. The monoisotopic (exact) mass is 407 g/mol. The van der Waals surface area contributed by atoms with Gasteiger partial charge in [0.15, 0.2) is 0 Å². The summed E-state index contributed by atoms with van der Waals surface area (Å²) >= 11 is 0. The van der Waals surface area contributed by atoms with Crippen LogP contribution in [0.1, 0.15) is 32.6 Å². The number of methoxy groups -OCH3 is 2. The molecule has 0 aromatic heterocycles. The third-order valence-electron chi connectivity index (χ3n) is 11.0. The summed E-state index contributed by atoms with van der Waals surface area (Å²) in [6, 6.07) is -0.242. The molecule has 0 radical (unpaired) electrons. The molecule has 7 aliphatic rings. The van der Waals surface area contributed by atoms with Gasteiger partial charge in [0, 0.05) is 56.8 Å². The lowest BCUT2D eigenvalue weighted by atomic mass is 9.45. The predicted molar refractivity (Wildman–Crippen MR) is 101 cm³/mol. The predicted octanol–water partition coefficient (Wildman–Crippen LogP) is -0.239. The van der Waals surface area contributed by atoms with Crippen molar-refractivity contribution in [1.82, 2.24) is 4.90 Å². The van der Waals surface area contributed by atoms with Crippen molar-refractivity contribution in [2.75, 3.05) is 27.3 Å². The first-order valence-electron chi connectivity index (χ1n) is 11.4. The molecule has 7 nitrogen and oxygen atoms in total. The van der Waals surface area contributed by atoms with Gasteiger partial charge in [0.25, 0.3) is 0 Å². The molecule has 29 heavy (non-hydrogen) atoms. The Balaban J connectivity index is 1.51.